The van der Waals surface area contributed by atoms with E-state index in [0.717, 1.165) is 23.3 Å². The van der Waals surface area contributed by atoms with Crippen LogP contribution in [0.3, 0.4) is 0 Å². The summed E-state index contributed by atoms with van der Waals surface area (Å²) >= 11 is 0. The quantitative estimate of drug-likeness (QED) is 0.644. The SMILES string of the molecule is Cc1ccccc1CNC(=O)c1cncc(Nc2ccc(C(F)(F)F)cc2)c1. The minimum absolute atomic E-state index is 0.285. The molecule has 1 aromatic heterocycles. The fourth-order valence-corrected chi connectivity index (χ4v) is 2.63. The first-order valence-corrected chi connectivity index (χ1v) is 8.55. The number of pyridine rings is 1. The lowest BCUT2D eigenvalue weighted by molar-refractivity contribution is -0.137. The fraction of sp³-hybridized carbons (Fsp3) is 0.143. The van der Waals surface area contributed by atoms with Crippen molar-refractivity contribution in [1.82, 2.24) is 10.3 Å². The van der Waals surface area contributed by atoms with E-state index in [2.05, 4.69) is 15.6 Å². The second-order valence-electron chi connectivity index (χ2n) is 6.27. The zero-order valence-electron chi connectivity index (χ0n) is 15.0. The molecule has 2 aromatic carbocycles. The van der Waals surface area contributed by atoms with E-state index < -0.39 is 11.7 Å². The molecule has 1 heterocycles. The van der Waals surface area contributed by atoms with Crippen LogP contribution in [-0.4, -0.2) is 10.9 Å². The number of hydrogen-bond acceptors (Lipinski definition) is 3. The maximum Gasteiger partial charge on any atom is 0.416 e. The predicted octanol–water partition coefficient (Wildman–Crippen LogP) is 5.08. The normalized spacial score (nSPS) is 11.1. The third-order valence-electron chi connectivity index (χ3n) is 4.20. The van der Waals surface area contributed by atoms with E-state index in [1.54, 1.807) is 6.07 Å². The molecule has 0 spiro atoms. The summed E-state index contributed by atoms with van der Waals surface area (Å²) in [6, 6.07) is 14.0. The number of aryl methyl sites for hydroxylation is 1. The summed E-state index contributed by atoms with van der Waals surface area (Å²) in [6.07, 6.45) is -1.45. The van der Waals surface area contributed by atoms with Gasteiger partial charge in [0.25, 0.3) is 5.91 Å². The maximum atomic E-state index is 12.6. The zero-order valence-corrected chi connectivity index (χ0v) is 15.0. The number of hydrogen-bond donors (Lipinski definition) is 2. The average Bonchev–Trinajstić information content (AvgIpc) is 2.67. The van der Waals surface area contributed by atoms with Gasteiger partial charge < -0.3 is 10.6 Å². The molecular formula is C21H18F3N3O. The van der Waals surface area contributed by atoms with Crippen LogP contribution < -0.4 is 10.6 Å². The molecule has 0 unspecified atom stereocenters. The Labute approximate surface area is 160 Å². The smallest absolute Gasteiger partial charge is 0.354 e. The lowest BCUT2D eigenvalue weighted by atomic mass is 10.1. The van der Waals surface area contributed by atoms with E-state index in [1.807, 2.05) is 31.2 Å². The maximum absolute atomic E-state index is 12.6. The zero-order chi connectivity index (χ0) is 20.1. The van der Waals surface area contributed by atoms with Crippen molar-refractivity contribution >= 4 is 17.3 Å². The third kappa shape index (κ3) is 4.88. The molecule has 0 atom stereocenters. The topological polar surface area (TPSA) is 54.0 Å². The van der Waals surface area contributed by atoms with Gasteiger partial charge in [-0.2, -0.15) is 13.2 Å². The van der Waals surface area contributed by atoms with Gasteiger partial charge in [0.05, 0.1) is 23.0 Å². The number of nitrogens with zero attached hydrogens (tertiary/aromatic N) is 1. The number of rotatable bonds is 5. The van der Waals surface area contributed by atoms with Gasteiger partial charge in [-0.25, -0.2) is 0 Å². The Hall–Kier alpha value is -3.35. The predicted molar refractivity (Wildman–Crippen MR) is 101 cm³/mol. The van der Waals surface area contributed by atoms with E-state index >= 15 is 0 Å². The highest BCUT2D eigenvalue weighted by Crippen LogP contribution is 2.30. The summed E-state index contributed by atoms with van der Waals surface area (Å²) in [5, 5.41) is 5.79. The molecular weight excluding hydrogens is 367 g/mol. The molecule has 0 saturated heterocycles. The molecule has 0 aliphatic rings. The number of nitrogens with one attached hydrogen (secondary N) is 2. The number of carbonyl (C=O) groups is 1. The highest BCUT2D eigenvalue weighted by atomic mass is 19.4. The Balaban J connectivity index is 1.66. The first kappa shape index (κ1) is 19.4. The molecule has 0 aliphatic carbocycles. The van der Waals surface area contributed by atoms with Crippen molar-refractivity contribution in [2.75, 3.05) is 5.32 Å². The van der Waals surface area contributed by atoms with Crippen LogP contribution in [0.1, 0.15) is 27.0 Å². The molecule has 0 fully saturated rings. The van der Waals surface area contributed by atoms with Crippen molar-refractivity contribution in [3.05, 3.63) is 89.2 Å². The minimum Gasteiger partial charge on any atom is -0.354 e. The summed E-state index contributed by atoms with van der Waals surface area (Å²) in [5.41, 5.74) is 2.70. The van der Waals surface area contributed by atoms with E-state index in [1.165, 1.54) is 24.5 Å². The number of alkyl halides is 3. The summed E-state index contributed by atoms with van der Waals surface area (Å²) in [4.78, 5) is 16.4. The van der Waals surface area contributed by atoms with Crippen LogP contribution in [0.5, 0.6) is 0 Å². The van der Waals surface area contributed by atoms with Gasteiger partial charge in [0.15, 0.2) is 0 Å². The molecule has 28 heavy (non-hydrogen) atoms. The standard InChI is InChI=1S/C21H18F3N3O/c1-14-4-2-3-5-15(14)12-26-20(28)16-10-19(13-25-11-16)27-18-8-6-17(7-9-18)21(22,23)24/h2-11,13,27H,12H2,1H3,(H,26,28). The van der Waals surface area contributed by atoms with E-state index in [4.69, 9.17) is 0 Å². The highest BCUT2D eigenvalue weighted by molar-refractivity contribution is 5.94. The second kappa shape index (κ2) is 8.12. The minimum atomic E-state index is -4.38. The number of anilines is 2. The van der Waals surface area contributed by atoms with Crippen molar-refractivity contribution in [1.29, 1.82) is 0 Å². The lowest BCUT2D eigenvalue weighted by Gasteiger charge is -2.11. The Morgan fingerprint density at radius 1 is 1.00 bits per heavy atom. The summed E-state index contributed by atoms with van der Waals surface area (Å²) in [6.45, 7) is 2.36. The molecule has 0 radical (unpaired) electrons. The first-order chi connectivity index (χ1) is 13.3. The molecule has 7 heteroatoms. The van der Waals surface area contributed by atoms with Crippen molar-refractivity contribution in [2.45, 2.75) is 19.6 Å². The average molecular weight is 385 g/mol. The van der Waals surface area contributed by atoms with Crippen LogP contribution in [0.2, 0.25) is 0 Å². The number of carbonyl (C=O) groups excluding carboxylic acids is 1. The van der Waals surface area contributed by atoms with Crippen molar-refractivity contribution < 1.29 is 18.0 Å². The number of benzene rings is 2. The molecule has 3 rings (SSSR count). The van der Waals surface area contributed by atoms with Crippen molar-refractivity contribution in [3.63, 3.8) is 0 Å². The van der Waals surface area contributed by atoms with Crippen molar-refractivity contribution in [2.24, 2.45) is 0 Å². The van der Waals surface area contributed by atoms with Crippen LogP contribution in [-0.2, 0) is 12.7 Å². The molecule has 144 valence electrons. The van der Waals surface area contributed by atoms with Crippen LogP contribution in [0.25, 0.3) is 0 Å². The Morgan fingerprint density at radius 3 is 2.39 bits per heavy atom. The third-order valence-corrected chi connectivity index (χ3v) is 4.20. The molecule has 0 saturated carbocycles. The summed E-state index contributed by atoms with van der Waals surface area (Å²) in [7, 11) is 0. The van der Waals surface area contributed by atoms with E-state index in [0.29, 0.717) is 23.5 Å². The van der Waals surface area contributed by atoms with Gasteiger partial charge in [0.2, 0.25) is 0 Å². The van der Waals surface area contributed by atoms with Crippen LogP contribution >= 0.6 is 0 Å². The second-order valence-corrected chi connectivity index (χ2v) is 6.27. The molecule has 0 bridgehead atoms. The van der Waals surface area contributed by atoms with Gasteiger partial charge in [-0.1, -0.05) is 24.3 Å². The van der Waals surface area contributed by atoms with Crippen LogP contribution in [0.4, 0.5) is 24.5 Å². The van der Waals surface area contributed by atoms with Crippen molar-refractivity contribution in [3.8, 4) is 0 Å². The first-order valence-electron chi connectivity index (χ1n) is 8.55. The Morgan fingerprint density at radius 2 is 1.71 bits per heavy atom. The molecule has 1 amide bonds. The Bertz CT molecular complexity index is 969. The van der Waals surface area contributed by atoms with Gasteiger partial charge in [0.1, 0.15) is 0 Å². The summed E-state index contributed by atoms with van der Waals surface area (Å²) < 4.78 is 37.9. The largest absolute Gasteiger partial charge is 0.416 e. The van der Waals surface area contributed by atoms with Gasteiger partial charge >= 0.3 is 6.18 Å². The fourth-order valence-electron chi connectivity index (χ4n) is 2.63. The Kier molecular flexibility index (Phi) is 5.63. The van der Waals surface area contributed by atoms with Crippen LogP contribution in [0, 0.1) is 6.92 Å². The number of aromatic nitrogens is 1. The van der Waals surface area contributed by atoms with Gasteiger partial charge in [-0.15, -0.1) is 0 Å². The molecule has 0 aliphatic heterocycles. The van der Waals surface area contributed by atoms with E-state index in [9.17, 15) is 18.0 Å². The molecule has 3 aromatic rings. The lowest BCUT2D eigenvalue weighted by Crippen LogP contribution is -2.23. The highest BCUT2D eigenvalue weighted by Gasteiger charge is 2.29. The number of amides is 1. The molecule has 4 nitrogen and oxygen atoms in total. The molecule has 2 N–H and O–H groups in total. The van der Waals surface area contributed by atoms with Gasteiger partial charge in [-0.05, 0) is 48.4 Å². The number of halogens is 3. The van der Waals surface area contributed by atoms with Crippen LogP contribution in [0.15, 0.2) is 67.0 Å². The van der Waals surface area contributed by atoms with E-state index in [-0.39, 0.29) is 5.91 Å². The van der Waals surface area contributed by atoms with Gasteiger partial charge in [-0.3, -0.25) is 9.78 Å². The monoisotopic (exact) mass is 385 g/mol. The summed E-state index contributed by atoms with van der Waals surface area (Å²) in [5.74, 6) is -0.285. The van der Waals surface area contributed by atoms with Gasteiger partial charge in [0, 0.05) is 18.4 Å².